The van der Waals surface area contributed by atoms with Crippen LogP contribution in [0.3, 0.4) is 0 Å². The molecule has 0 radical (unpaired) electrons. The van der Waals surface area contributed by atoms with Gasteiger partial charge in [0.05, 0.1) is 0 Å². The van der Waals surface area contributed by atoms with E-state index in [1.807, 2.05) is 0 Å². The molecule has 0 aliphatic carbocycles. The van der Waals surface area contributed by atoms with Crippen LogP contribution < -0.4 is 9.80 Å². The van der Waals surface area contributed by atoms with Crippen molar-refractivity contribution in [3.8, 4) is 11.1 Å². The first-order valence-corrected chi connectivity index (χ1v) is 22.7. The molecule has 0 N–H and O–H groups in total. The second-order valence-corrected chi connectivity index (χ2v) is 16.8. The van der Waals surface area contributed by atoms with Crippen molar-refractivity contribution in [1.29, 1.82) is 0 Å². The molecule has 8 aromatic rings. The lowest BCUT2D eigenvalue weighted by molar-refractivity contribution is 1.27. The molecule has 2 nitrogen and oxygen atoms in total. The van der Waals surface area contributed by atoms with E-state index in [2.05, 4.69) is 305 Å². The van der Waals surface area contributed by atoms with Gasteiger partial charge in [-0.15, -0.1) is 0 Å². The zero-order chi connectivity index (χ0) is 45.5. The summed E-state index contributed by atoms with van der Waals surface area (Å²) in [5.74, 6) is 0. The monoisotopic (exact) mass is 852 g/mol. The highest BCUT2D eigenvalue weighted by Crippen LogP contribution is 2.36. The number of hydrogen-bond donors (Lipinski definition) is 0. The van der Waals surface area contributed by atoms with E-state index in [0.29, 0.717) is 0 Å². The van der Waals surface area contributed by atoms with Gasteiger partial charge < -0.3 is 9.80 Å². The maximum Gasteiger partial charge on any atom is 0.0456 e. The first-order valence-electron chi connectivity index (χ1n) is 22.7. The van der Waals surface area contributed by atoms with E-state index in [-0.39, 0.29) is 0 Å². The summed E-state index contributed by atoms with van der Waals surface area (Å²) in [6.45, 7) is 8.46. The van der Waals surface area contributed by atoms with E-state index in [4.69, 9.17) is 0 Å². The van der Waals surface area contributed by atoms with Gasteiger partial charge >= 0.3 is 0 Å². The second kappa shape index (κ2) is 21.9. The summed E-state index contributed by atoms with van der Waals surface area (Å²) in [7, 11) is 0. The summed E-state index contributed by atoms with van der Waals surface area (Å²) in [5, 5.41) is 0. The fourth-order valence-corrected chi connectivity index (χ4v) is 7.78. The van der Waals surface area contributed by atoms with Crippen molar-refractivity contribution in [2.24, 2.45) is 0 Å². The Morgan fingerprint density at radius 3 is 0.818 bits per heavy atom. The van der Waals surface area contributed by atoms with Crippen LogP contribution >= 0.6 is 0 Å². The number of anilines is 4. The zero-order valence-electron chi connectivity index (χ0n) is 38.3. The van der Waals surface area contributed by atoms with Crippen molar-refractivity contribution in [2.45, 2.75) is 27.7 Å². The Hall–Kier alpha value is -8.20. The maximum atomic E-state index is 2.30. The van der Waals surface area contributed by atoms with Gasteiger partial charge in [-0.25, -0.2) is 0 Å². The van der Waals surface area contributed by atoms with Crippen LogP contribution in [-0.2, 0) is 0 Å². The number of nitrogens with zero attached hydrogens (tertiary/aromatic N) is 2. The fourth-order valence-electron chi connectivity index (χ4n) is 7.78. The second-order valence-electron chi connectivity index (χ2n) is 16.8. The molecule has 0 heterocycles. The lowest BCUT2D eigenvalue weighted by atomic mass is 9.98. The third-order valence-electron chi connectivity index (χ3n) is 11.3. The van der Waals surface area contributed by atoms with E-state index in [1.54, 1.807) is 0 Å². The Kier molecular flexibility index (Phi) is 14.8. The molecule has 0 saturated carbocycles. The quantitative estimate of drug-likeness (QED) is 0.0948. The molecule has 0 amide bonds. The molecular weight excluding hydrogens is 797 g/mol. The van der Waals surface area contributed by atoms with Gasteiger partial charge in [0.1, 0.15) is 0 Å². The van der Waals surface area contributed by atoms with Crippen molar-refractivity contribution < 1.29 is 0 Å². The van der Waals surface area contributed by atoms with Crippen LogP contribution in [0.2, 0.25) is 0 Å². The summed E-state index contributed by atoms with van der Waals surface area (Å²) >= 11 is 0. The normalized spacial score (nSPS) is 10.9. The highest BCUT2D eigenvalue weighted by Gasteiger charge is 2.15. The van der Waals surface area contributed by atoms with Gasteiger partial charge in [0.2, 0.25) is 0 Å². The Morgan fingerprint density at radius 1 is 0.303 bits per heavy atom. The minimum atomic E-state index is 1.07. The molecular formula is C64H56N2. The Labute approximate surface area is 392 Å². The van der Waals surface area contributed by atoms with Crippen LogP contribution in [0.1, 0.15) is 61.1 Å². The summed E-state index contributed by atoms with van der Waals surface area (Å²) < 4.78 is 0. The van der Waals surface area contributed by atoms with Crippen molar-refractivity contribution in [3.63, 3.8) is 0 Å². The van der Waals surface area contributed by atoms with Crippen LogP contribution in [0.4, 0.5) is 22.7 Å². The molecule has 0 unspecified atom stereocenters. The molecule has 2 heteroatoms. The predicted molar refractivity (Wildman–Crippen MR) is 286 cm³/mol. The van der Waals surface area contributed by atoms with Crippen molar-refractivity contribution in [3.05, 3.63) is 300 Å². The van der Waals surface area contributed by atoms with Gasteiger partial charge in [-0.05, 0) is 121 Å². The zero-order valence-corrected chi connectivity index (χ0v) is 38.3. The minimum absolute atomic E-state index is 1.07. The summed E-state index contributed by atoms with van der Waals surface area (Å²) in [4.78, 5) is 4.60. The molecule has 8 rings (SSSR count). The van der Waals surface area contributed by atoms with Crippen LogP contribution in [0.15, 0.2) is 266 Å². The SMILES string of the molecule is CC(C)=CC=Cc1ccc(N(C=C(c2ccccc2)c2ccccc2)c2ccc(-c3ccc(N(C=C(c4ccccc4)c4ccccc4)c4ccc(C=CC=C(C)C)cc4)cc3)cc2)cc1. The van der Waals surface area contributed by atoms with E-state index >= 15 is 0 Å². The molecule has 322 valence electrons. The van der Waals surface area contributed by atoms with Crippen LogP contribution in [0, 0.1) is 0 Å². The average molecular weight is 853 g/mol. The topological polar surface area (TPSA) is 6.48 Å². The summed E-state index contributed by atoms with van der Waals surface area (Å²) in [6, 6.07) is 78.0. The molecule has 0 aliphatic heterocycles. The van der Waals surface area contributed by atoms with Crippen LogP contribution in [0.5, 0.6) is 0 Å². The summed E-state index contributed by atoms with van der Waals surface area (Å²) in [5.41, 5.74) is 18.3. The molecule has 0 aliphatic rings. The Bertz CT molecular complexity index is 2670. The maximum absolute atomic E-state index is 2.30. The first kappa shape index (κ1) is 44.4. The molecule has 0 fully saturated rings. The van der Waals surface area contributed by atoms with Crippen molar-refractivity contribution in [2.75, 3.05) is 9.80 Å². The molecule has 8 aromatic carbocycles. The average Bonchev–Trinajstić information content (AvgIpc) is 3.36. The van der Waals surface area contributed by atoms with Gasteiger partial charge in [-0.1, -0.05) is 217 Å². The predicted octanol–water partition coefficient (Wildman–Crippen LogP) is 17.8. The first-order chi connectivity index (χ1) is 32.4. The lowest BCUT2D eigenvalue weighted by Gasteiger charge is -2.24. The van der Waals surface area contributed by atoms with Crippen molar-refractivity contribution in [1.82, 2.24) is 0 Å². The largest absolute Gasteiger partial charge is 0.317 e. The number of benzene rings is 8. The number of hydrogen-bond acceptors (Lipinski definition) is 2. The van der Waals surface area contributed by atoms with Gasteiger partial charge in [0, 0.05) is 46.3 Å². The third kappa shape index (κ3) is 11.7. The lowest BCUT2D eigenvalue weighted by Crippen LogP contribution is -2.10. The van der Waals surface area contributed by atoms with Crippen LogP contribution in [0.25, 0.3) is 34.4 Å². The van der Waals surface area contributed by atoms with E-state index in [9.17, 15) is 0 Å². The molecule has 0 atom stereocenters. The minimum Gasteiger partial charge on any atom is -0.317 e. The summed E-state index contributed by atoms with van der Waals surface area (Å²) in [6.07, 6.45) is 17.3. The molecule has 0 spiro atoms. The molecule has 0 saturated heterocycles. The fraction of sp³-hybridized carbons (Fsp3) is 0.0625. The number of allylic oxidation sites excluding steroid dienone is 6. The van der Waals surface area contributed by atoms with E-state index < -0.39 is 0 Å². The van der Waals surface area contributed by atoms with Crippen LogP contribution in [-0.4, -0.2) is 0 Å². The van der Waals surface area contributed by atoms with Gasteiger partial charge in [0.15, 0.2) is 0 Å². The molecule has 0 bridgehead atoms. The van der Waals surface area contributed by atoms with Gasteiger partial charge in [0.25, 0.3) is 0 Å². The Morgan fingerprint density at radius 2 is 0.561 bits per heavy atom. The van der Waals surface area contributed by atoms with Gasteiger partial charge in [-0.2, -0.15) is 0 Å². The number of rotatable bonds is 15. The third-order valence-corrected chi connectivity index (χ3v) is 11.3. The van der Waals surface area contributed by atoms with Crippen molar-refractivity contribution >= 4 is 46.0 Å². The standard InChI is InChI=1S/C64H56N2/c1-49(2)19-17-21-51-31-39-59(40-32-51)65(47-63(55-23-9-5-10-24-55)56-25-11-6-12-26-56)61-43-35-53(36-44-61)54-37-45-62(46-38-54)66(60-41-33-52(34-42-60)22-18-20-50(3)4)48-64(57-27-13-7-14-28-57)58-29-15-8-16-30-58/h5-48H,1-4H3. The highest BCUT2D eigenvalue weighted by atomic mass is 15.1. The highest BCUT2D eigenvalue weighted by molar-refractivity contribution is 5.86. The van der Waals surface area contributed by atoms with Gasteiger partial charge in [-0.3, -0.25) is 0 Å². The van der Waals surface area contributed by atoms with E-state index in [1.165, 1.54) is 11.1 Å². The smallest absolute Gasteiger partial charge is 0.0456 e. The Balaban J connectivity index is 1.16. The molecule has 66 heavy (non-hydrogen) atoms. The molecule has 0 aromatic heterocycles. The van der Waals surface area contributed by atoms with E-state index in [0.717, 1.165) is 78.4 Å².